The SMILES string of the molecule is COc1cccc(CNC2CCCC2CO)n1. The molecule has 0 radical (unpaired) electrons. The number of hydrogen-bond donors (Lipinski definition) is 2. The summed E-state index contributed by atoms with van der Waals surface area (Å²) >= 11 is 0. The van der Waals surface area contributed by atoms with Crippen molar-refractivity contribution in [2.24, 2.45) is 5.92 Å². The van der Waals surface area contributed by atoms with Gasteiger partial charge in [-0.15, -0.1) is 0 Å². The van der Waals surface area contributed by atoms with Crippen molar-refractivity contribution in [3.8, 4) is 5.88 Å². The largest absolute Gasteiger partial charge is 0.481 e. The molecule has 2 rings (SSSR count). The van der Waals surface area contributed by atoms with E-state index in [4.69, 9.17) is 4.74 Å². The molecule has 2 N–H and O–H groups in total. The highest BCUT2D eigenvalue weighted by atomic mass is 16.5. The van der Waals surface area contributed by atoms with Crippen molar-refractivity contribution in [1.29, 1.82) is 0 Å². The number of nitrogens with one attached hydrogen (secondary N) is 1. The van der Waals surface area contributed by atoms with Gasteiger partial charge in [0.1, 0.15) is 0 Å². The lowest BCUT2D eigenvalue weighted by Gasteiger charge is -2.18. The van der Waals surface area contributed by atoms with Gasteiger partial charge in [-0.1, -0.05) is 12.5 Å². The predicted molar refractivity (Wildman–Crippen MR) is 65.8 cm³/mol. The molecule has 2 unspecified atom stereocenters. The highest BCUT2D eigenvalue weighted by molar-refractivity contribution is 5.15. The summed E-state index contributed by atoms with van der Waals surface area (Å²) in [6.45, 7) is 1.02. The molecule has 94 valence electrons. The maximum absolute atomic E-state index is 9.24. The first-order chi connectivity index (χ1) is 8.33. The zero-order valence-electron chi connectivity index (χ0n) is 10.2. The minimum absolute atomic E-state index is 0.281. The Morgan fingerprint density at radius 1 is 1.47 bits per heavy atom. The van der Waals surface area contributed by atoms with Crippen molar-refractivity contribution in [3.05, 3.63) is 23.9 Å². The van der Waals surface area contributed by atoms with E-state index >= 15 is 0 Å². The molecule has 1 fully saturated rings. The van der Waals surface area contributed by atoms with E-state index in [2.05, 4.69) is 10.3 Å². The molecule has 17 heavy (non-hydrogen) atoms. The van der Waals surface area contributed by atoms with Crippen LogP contribution in [0, 0.1) is 5.92 Å². The molecular weight excluding hydrogens is 216 g/mol. The monoisotopic (exact) mass is 236 g/mol. The van der Waals surface area contributed by atoms with Crippen LogP contribution in [-0.2, 0) is 6.54 Å². The summed E-state index contributed by atoms with van der Waals surface area (Å²) in [5.74, 6) is 1.05. The summed E-state index contributed by atoms with van der Waals surface area (Å²) in [4.78, 5) is 4.36. The van der Waals surface area contributed by atoms with E-state index in [1.807, 2.05) is 18.2 Å². The number of ether oxygens (including phenoxy) is 1. The van der Waals surface area contributed by atoms with Gasteiger partial charge in [0.2, 0.25) is 5.88 Å². The topological polar surface area (TPSA) is 54.4 Å². The summed E-state index contributed by atoms with van der Waals surface area (Å²) in [5, 5.41) is 12.7. The Morgan fingerprint density at radius 3 is 3.12 bits per heavy atom. The van der Waals surface area contributed by atoms with Gasteiger partial charge in [0, 0.05) is 25.3 Å². The average Bonchev–Trinajstić information content (AvgIpc) is 2.84. The maximum Gasteiger partial charge on any atom is 0.213 e. The number of nitrogens with zero attached hydrogens (tertiary/aromatic N) is 1. The molecule has 1 aromatic heterocycles. The fourth-order valence-electron chi connectivity index (χ4n) is 2.43. The van der Waals surface area contributed by atoms with Gasteiger partial charge in [0.25, 0.3) is 0 Å². The van der Waals surface area contributed by atoms with Crippen LogP contribution in [0.2, 0.25) is 0 Å². The first-order valence-electron chi connectivity index (χ1n) is 6.17. The fourth-order valence-corrected chi connectivity index (χ4v) is 2.43. The quantitative estimate of drug-likeness (QED) is 0.810. The van der Waals surface area contributed by atoms with E-state index in [1.54, 1.807) is 7.11 Å². The van der Waals surface area contributed by atoms with Crippen molar-refractivity contribution in [2.45, 2.75) is 31.8 Å². The maximum atomic E-state index is 9.24. The van der Waals surface area contributed by atoms with Crippen molar-refractivity contribution in [3.63, 3.8) is 0 Å². The zero-order valence-corrected chi connectivity index (χ0v) is 10.2. The molecule has 1 saturated carbocycles. The van der Waals surface area contributed by atoms with Crippen LogP contribution in [0.15, 0.2) is 18.2 Å². The minimum Gasteiger partial charge on any atom is -0.481 e. The molecule has 0 saturated heterocycles. The molecule has 1 aliphatic carbocycles. The number of aromatic nitrogens is 1. The Morgan fingerprint density at radius 2 is 2.35 bits per heavy atom. The van der Waals surface area contributed by atoms with Gasteiger partial charge < -0.3 is 15.2 Å². The summed E-state index contributed by atoms with van der Waals surface area (Å²) in [7, 11) is 1.62. The Hall–Kier alpha value is -1.13. The summed E-state index contributed by atoms with van der Waals surface area (Å²) in [6, 6.07) is 6.20. The third-order valence-corrected chi connectivity index (χ3v) is 3.43. The van der Waals surface area contributed by atoms with E-state index in [0.29, 0.717) is 17.8 Å². The lowest BCUT2D eigenvalue weighted by atomic mass is 10.1. The van der Waals surface area contributed by atoms with E-state index in [1.165, 1.54) is 6.42 Å². The molecule has 0 aromatic carbocycles. The summed E-state index contributed by atoms with van der Waals surface area (Å²) in [5.41, 5.74) is 0.980. The number of methoxy groups -OCH3 is 1. The molecule has 1 heterocycles. The normalized spacial score (nSPS) is 23.9. The third-order valence-electron chi connectivity index (χ3n) is 3.43. The van der Waals surface area contributed by atoms with E-state index in [0.717, 1.165) is 25.1 Å². The molecule has 4 nitrogen and oxygen atoms in total. The molecular formula is C13H20N2O2. The van der Waals surface area contributed by atoms with E-state index in [9.17, 15) is 5.11 Å². The van der Waals surface area contributed by atoms with E-state index < -0.39 is 0 Å². The Balaban J connectivity index is 1.88. The third kappa shape index (κ3) is 3.17. The van der Waals surface area contributed by atoms with Gasteiger partial charge in [-0.05, 0) is 24.8 Å². The first kappa shape index (κ1) is 12.3. The molecule has 4 heteroatoms. The molecule has 0 amide bonds. The summed E-state index contributed by atoms with van der Waals surface area (Å²) in [6.07, 6.45) is 3.48. The Bertz CT molecular complexity index is 357. The zero-order chi connectivity index (χ0) is 12.1. The molecule has 1 aromatic rings. The van der Waals surface area contributed by atoms with Crippen molar-refractivity contribution in [2.75, 3.05) is 13.7 Å². The highest BCUT2D eigenvalue weighted by Gasteiger charge is 2.25. The van der Waals surface area contributed by atoms with Crippen molar-refractivity contribution >= 4 is 0 Å². The standard InChI is InChI=1S/C13H20N2O2/c1-17-13-7-3-5-11(15-13)8-14-12-6-2-4-10(12)9-16/h3,5,7,10,12,14,16H,2,4,6,8-9H2,1H3. The number of pyridine rings is 1. The van der Waals surface area contributed by atoms with Crippen molar-refractivity contribution < 1.29 is 9.84 Å². The smallest absolute Gasteiger partial charge is 0.213 e. The van der Waals surface area contributed by atoms with Crippen LogP contribution in [0.4, 0.5) is 0 Å². The number of aliphatic hydroxyl groups excluding tert-OH is 1. The Labute approximate surface area is 102 Å². The molecule has 0 spiro atoms. The van der Waals surface area contributed by atoms with Gasteiger partial charge in [-0.2, -0.15) is 0 Å². The van der Waals surface area contributed by atoms with Crippen LogP contribution in [0.5, 0.6) is 5.88 Å². The van der Waals surface area contributed by atoms with E-state index in [-0.39, 0.29) is 6.61 Å². The lowest BCUT2D eigenvalue weighted by molar-refractivity contribution is 0.205. The highest BCUT2D eigenvalue weighted by Crippen LogP contribution is 2.25. The van der Waals surface area contributed by atoms with Gasteiger partial charge >= 0.3 is 0 Å². The van der Waals surface area contributed by atoms with Gasteiger partial charge in [0.05, 0.1) is 12.8 Å². The van der Waals surface area contributed by atoms with Crippen molar-refractivity contribution in [1.82, 2.24) is 10.3 Å². The second-order valence-electron chi connectivity index (χ2n) is 4.53. The average molecular weight is 236 g/mol. The summed E-state index contributed by atoms with van der Waals surface area (Å²) < 4.78 is 5.09. The fraction of sp³-hybridized carbons (Fsp3) is 0.615. The second-order valence-corrected chi connectivity index (χ2v) is 4.53. The van der Waals surface area contributed by atoms with Gasteiger partial charge in [-0.25, -0.2) is 4.98 Å². The number of aliphatic hydroxyl groups is 1. The minimum atomic E-state index is 0.281. The van der Waals surface area contributed by atoms with Crippen LogP contribution in [0.1, 0.15) is 25.0 Å². The van der Waals surface area contributed by atoms with Crippen LogP contribution in [0.3, 0.4) is 0 Å². The van der Waals surface area contributed by atoms with Crippen LogP contribution in [0.25, 0.3) is 0 Å². The van der Waals surface area contributed by atoms with Gasteiger partial charge in [-0.3, -0.25) is 0 Å². The molecule has 0 bridgehead atoms. The Kier molecular flexibility index (Phi) is 4.34. The second kappa shape index (κ2) is 5.98. The number of rotatable bonds is 5. The van der Waals surface area contributed by atoms with Crippen LogP contribution < -0.4 is 10.1 Å². The van der Waals surface area contributed by atoms with Crippen LogP contribution >= 0.6 is 0 Å². The van der Waals surface area contributed by atoms with Crippen LogP contribution in [-0.4, -0.2) is 29.8 Å². The lowest BCUT2D eigenvalue weighted by Crippen LogP contribution is -2.33. The molecule has 2 atom stereocenters. The number of hydrogen-bond acceptors (Lipinski definition) is 4. The van der Waals surface area contributed by atoms with Gasteiger partial charge in [0.15, 0.2) is 0 Å². The molecule has 1 aliphatic rings. The predicted octanol–water partition coefficient (Wildman–Crippen LogP) is 1.34. The molecule has 0 aliphatic heterocycles. The first-order valence-corrected chi connectivity index (χ1v) is 6.17.